The first-order chi connectivity index (χ1) is 7.40. The first-order valence-electron chi connectivity index (χ1n) is 5.21. The summed E-state index contributed by atoms with van der Waals surface area (Å²) >= 11 is 0. The van der Waals surface area contributed by atoms with Crippen LogP contribution in [0.2, 0.25) is 0 Å². The number of Topliss-reactive ketones (excluding diaryl/α,β-unsaturated/α-hetero) is 1. The zero-order valence-corrected chi connectivity index (χ0v) is 9.82. The normalized spacial score (nSPS) is 13.9. The number of rotatable bonds is 7. The molecule has 0 aromatic rings. The van der Waals surface area contributed by atoms with Gasteiger partial charge in [-0.3, -0.25) is 19.7 Å². The molecule has 0 N–H and O–H groups in total. The Bertz CT molecular complexity index is 289. The van der Waals surface area contributed by atoms with Crippen molar-refractivity contribution in [2.45, 2.75) is 45.6 Å². The summed E-state index contributed by atoms with van der Waals surface area (Å²) in [6.07, 6.45) is 0.677. The van der Waals surface area contributed by atoms with Crippen LogP contribution in [0.4, 0.5) is 0 Å². The molecular formula is C10H17NO5. The smallest absolute Gasteiger partial charge is 0.312 e. The highest BCUT2D eigenvalue weighted by Gasteiger charge is 2.49. The Morgan fingerprint density at radius 1 is 1.38 bits per heavy atom. The predicted octanol–water partition coefficient (Wildman–Crippen LogP) is 1.34. The highest BCUT2D eigenvalue weighted by molar-refractivity contribution is 5.87. The Morgan fingerprint density at radius 2 is 1.94 bits per heavy atom. The van der Waals surface area contributed by atoms with Crippen LogP contribution in [0.3, 0.4) is 0 Å². The summed E-state index contributed by atoms with van der Waals surface area (Å²) in [6.45, 7) is 3.99. The van der Waals surface area contributed by atoms with Crippen molar-refractivity contribution in [3.8, 4) is 0 Å². The maximum atomic E-state index is 11.7. The summed E-state index contributed by atoms with van der Waals surface area (Å²) in [6, 6.07) is 0. The topological polar surface area (TPSA) is 86.5 Å². The van der Waals surface area contributed by atoms with Gasteiger partial charge in [0, 0.05) is 24.7 Å². The Labute approximate surface area is 94.1 Å². The van der Waals surface area contributed by atoms with Gasteiger partial charge in [0.15, 0.2) is 6.61 Å². The van der Waals surface area contributed by atoms with E-state index in [0.29, 0.717) is 6.42 Å². The second-order valence-corrected chi connectivity index (χ2v) is 3.60. The molecule has 0 amide bonds. The van der Waals surface area contributed by atoms with E-state index in [2.05, 4.69) is 4.74 Å². The lowest BCUT2D eigenvalue weighted by molar-refractivity contribution is -0.555. The molecule has 16 heavy (non-hydrogen) atoms. The number of hydrogen-bond donors (Lipinski definition) is 0. The molecule has 0 aliphatic carbocycles. The molecule has 0 aliphatic heterocycles. The fourth-order valence-corrected chi connectivity index (χ4v) is 1.34. The van der Waals surface area contributed by atoms with E-state index < -0.39 is 28.8 Å². The van der Waals surface area contributed by atoms with Gasteiger partial charge >= 0.3 is 11.5 Å². The zero-order valence-electron chi connectivity index (χ0n) is 9.82. The second-order valence-electron chi connectivity index (χ2n) is 3.60. The SMILES string of the molecule is CCCC(=O)C(CC)(COC(C)=O)[N+](=O)[O-]. The average Bonchev–Trinajstić information content (AvgIpc) is 2.18. The Kier molecular flexibility index (Phi) is 5.63. The van der Waals surface area contributed by atoms with E-state index in [1.165, 1.54) is 0 Å². The molecule has 0 heterocycles. The highest BCUT2D eigenvalue weighted by Crippen LogP contribution is 2.20. The average molecular weight is 231 g/mol. The van der Waals surface area contributed by atoms with Gasteiger partial charge in [-0.15, -0.1) is 0 Å². The van der Waals surface area contributed by atoms with Crippen LogP contribution in [0.5, 0.6) is 0 Å². The standard InChI is InChI=1S/C10H17NO5/c1-4-6-9(13)10(5-2,11(14)15)7-16-8(3)12/h4-7H2,1-3H3. The molecule has 0 rings (SSSR count). The molecule has 1 unspecified atom stereocenters. The molecule has 0 radical (unpaired) electrons. The number of carbonyl (C=O) groups is 2. The van der Waals surface area contributed by atoms with Gasteiger partial charge in [0.2, 0.25) is 5.78 Å². The molecule has 0 spiro atoms. The summed E-state index contributed by atoms with van der Waals surface area (Å²) < 4.78 is 4.63. The van der Waals surface area contributed by atoms with Crippen molar-refractivity contribution in [2.75, 3.05) is 6.61 Å². The molecule has 0 saturated carbocycles. The number of hydrogen-bond acceptors (Lipinski definition) is 5. The van der Waals surface area contributed by atoms with Gasteiger partial charge in [-0.05, 0) is 6.42 Å². The van der Waals surface area contributed by atoms with Crippen molar-refractivity contribution in [2.24, 2.45) is 0 Å². The lowest BCUT2D eigenvalue weighted by Gasteiger charge is -2.21. The molecule has 0 bridgehead atoms. The fraction of sp³-hybridized carbons (Fsp3) is 0.800. The second kappa shape index (κ2) is 6.19. The summed E-state index contributed by atoms with van der Waals surface area (Å²) in [5.74, 6) is -1.10. The van der Waals surface area contributed by atoms with E-state index in [4.69, 9.17) is 0 Å². The lowest BCUT2D eigenvalue weighted by atomic mass is 9.90. The van der Waals surface area contributed by atoms with Crippen molar-refractivity contribution in [3.63, 3.8) is 0 Å². The molecule has 0 aromatic carbocycles. The van der Waals surface area contributed by atoms with E-state index in [9.17, 15) is 19.7 Å². The van der Waals surface area contributed by atoms with Crippen molar-refractivity contribution in [1.29, 1.82) is 0 Å². The highest BCUT2D eigenvalue weighted by atomic mass is 16.6. The number of carbonyl (C=O) groups excluding carboxylic acids is 2. The van der Waals surface area contributed by atoms with Crippen LogP contribution in [-0.2, 0) is 14.3 Å². The maximum Gasteiger partial charge on any atom is 0.312 e. The molecule has 92 valence electrons. The van der Waals surface area contributed by atoms with Crippen LogP contribution in [-0.4, -0.2) is 28.8 Å². The van der Waals surface area contributed by atoms with E-state index in [1.54, 1.807) is 13.8 Å². The third kappa shape index (κ3) is 3.29. The minimum absolute atomic E-state index is 0.0200. The van der Waals surface area contributed by atoms with Gasteiger partial charge in [0.1, 0.15) is 0 Å². The zero-order chi connectivity index (χ0) is 12.8. The number of esters is 1. The van der Waals surface area contributed by atoms with Crippen molar-refractivity contribution >= 4 is 11.8 Å². The number of ketones is 1. The first kappa shape index (κ1) is 14.5. The van der Waals surface area contributed by atoms with E-state index in [1.807, 2.05) is 0 Å². The van der Waals surface area contributed by atoms with E-state index in [0.717, 1.165) is 6.92 Å². The van der Waals surface area contributed by atoms with Gasteiger partial charge < -0.3 is 4.74 Å². The molecule has 1 atom stereocenters. The molecular weight excluding hydrogens is 214 g/mol. The molecule has 6 nitrogen and oxygen atoms in total. The lowest BCUT2D eigenvalue weighted by Crippen LogP contribution is -2.50. The molecule has 0 fully saturated rings. The first-order valence-corrected chi connectivity index (χ1v) is 5.21. The van der Waals surface area contributed by atoms with Gasteiger partial charge in [-0.1, -0.05) is 13.8 Å². The quantitative estimate of drug-likeness (QED) is 0.375. The number of nitrogens with zero attached hydrogens (tertiary/aromatic N) is 1. The van der Waals surface area contributed by atoms with Crippen molar-refractivity contribution < 1.29 is 19.2 Å². The van der Waals surface area contributed by atoms with Gasteiger partial charge in [-0.25, -0.2) is 0 Å². The minimum atomic E-state index is -1.78. The van der Waals surface area contributed by atoms with Crippen LogP contribution >= 0.6 is 0 Å². The van der Waals surface area contributed by atoms with Crippen LogP contribution in [0.25, 0.3) is 0 Å². The predicted molar refractivity (Wildman–Crippen MR) is 56.6 cm³/mol. The third-order valence-corrected chi connectivity index (χ3v) is 2.44. The largest absolute Gasteiger partial charge is 0.458 e. The Balaban J connectivity index is 4.91. The number of nitro groups is 1. The van der Waals surface area contributed by atoms with Gasteiger partial charge in [0.05, 0.1) is 0 Å². The summed E-state index contributed by atoms with van der Waals surface area (Å²) in [4.78, 5) is 32.7. The molecule has 0 aromatic heterocycles. The van der Waals surface area contributed by atoms with Crippen molar-refractivity contribution in [1.82, 2.24) is 0 Å². The summed E-state index contributed by atoms with van der Waals surface area (Å²) in [7, 11) is 0. The van der Waals surface area contributed by atoms with Crippen LogP contribution in [0, 0.1) is 10.1 Å². The molecule has 0 aliphatic rings. The van der Waals surface area contributed by atoms with E-state index in [-0.39, 0.29) is 12.8 Å². The minimum Gasteiger partial charge on any atom is -0.458 e. The van der Waals surface area contributed by atoms with Crippen LogP contribution in [0.1, 0.15) is 40.0 Å². The Morgan fingerprint density at radius 3 is 2.25 bits per heavy atom. The Hall–Kier alpha value is -1.46. The van der Waals surface area contributed by atoms with Crippen LogP contribution < -0.4 is 0 Å². The molecule has 0 saturated heterocycles. The number of ether oxygens (including phenoxy) is 1. The summed E-state index contributed by atoms with van der Waals surface area (Å²) in [5.41, 5.74) is -1.78. The maximum absolute atomic E-state index is 11.7. The molecule has 6 heteroatoms. The van der Waals surface area contributed by atoms with E-state index >= 15 is 0 Å². The summed E-state index contributed by atoms with van der Waals surface area (Å²) in [5, 5.41) is 11.0. The monoisotopic (exact) mass is 231 g/mol. The van der Waals surface area contributed by atoms with Gasteiger partial charge in [0.25, 0.3) is 0 Å². The fourth-order valence-electron chi connectivity index (χ4n) is 1.34. The van der Waals surface area contributed by atoms with Crippen LogP contribution in [0.15, 0.2) is 0 Å². The van der Waals surface area contributed by atoms with Gasteiger partial charge in [-0.2, -0.15) is 0 Å². The third-order valence-electron chi connectivity index (χ3n) is 2.44. The van der Waals surface area contributed by atoms with Crippen molar-refractivity contribution in [3.05, 3.63) is 10.1 Å².